The maximum absolute atomic E-state index is 14.4. The van der Waals surface area contributed by atoms with Crippen molar-refractivity contribution in [3.63, 3.8) is 0 Å². The minimum Gasteiger partial charge on any atom is -0.370 e. The first-order valence-electron chi connectivity index (χ1n) is 20.1. The first-order valence-corrected chi connectivity index (χ1v) is 22.1. The highest BCUT2D eigenvalue weighted by atomic mass is 32.2. The molecule has 0 saturated carbocycles. The molecule has 0 aromatic heterocycles. The van der Waals surface area contributed by atoms with Gasteiger partial charge in [0.25, 0.3) is 11.8 Å². The van der Waals surface area contributed by atoms with Gasteiger partial charge in [0.2, 0.25) is 11.8 Å². The van der Waals surface area contributed by atoms with Crippen molar-refractivity contribution in [2.45, 2.75) is 80.4 Å². The third-order valence-electron chi connectivity index (χ3n) is 8.99. The monoisotopic (exact) mass is 957 g/mol. The number of carbonyl (C=O) groups is 4. The molecule has 65 heavy (non-hydrogen) atoms. The SMILES string of the molecule is CCC1=C(C(=O)Nc2cc(C(F)(F)F)cc(NC(=O)CCCCN)c2SCCN=C(N)N)C=C(C(=O)Nc2cc(C(F)(F)F)cc(NC(=O)CCCCN)c2SCCN=C(N)N)N=CC1. The van der Waals surface area contributed by atoms with Crippen molar-refractivity contribution >= 4 is 88.0 Å². The zero-order valence-electron chi connectivity index (χ0n) is 35.4. The molecule has 3 rings (SSSR count). The second-order valence-corrected chi connectivity index (χ2v) is 16.2. The number of alkyl halides is 6. The van der Waals surface area contributed by atoms with Gasteiger partial charge in [-0.25, -0.2) is 0 Å². The number of unbranched alkanes of at least 4 members (excludes halogenated alkanes) is 2. The standard InChI is InChI=1S/C40H53F6N13O4S2/c1-2-22-9-12-53-30(36(63)59-29-20-24(40(44,45)46)18-27(57-32(61)8-4-6-11-48)34(29)65-16-14-55-38(51)52)21-25(22)35(62)58-28-19-23(39(41,42)43)17-26(56-31(60)7-3-5-10-47)33(28)64-15-13-54-37(49)50/h12,17-21H,2-11,13-16,47-48H2,1H3,(H,56,60)(H,57,61)(H,58,62)(H,59,63)(H4,49,50,54)(H4,51,52,55). The molecule has 0 atom stereocenters. The van der Waals surface area contributed by atoms with E-state index in [4.69, 9.17) is 34.4 Å². The minimum atomic E-state index is -4.94. The predicted molar refractivity (Wildman–Crippen MR) is 245 cm³/mol. The Morgan fingerprint density at radius 1 is 0.662 bits per heavy atom. The number of anilines is 4. The number of halogens is 6. The van der Waals surface area contributed by atoms with Gasteiger partial charge < -0.3 is 55.7 Å². The van der Waals surface area contributed by atoms with E-state index in [-0.39, 0.29) is 100 Å². The topological polar surface area (TPSA) is 310 Å². The molecule has 1 aliphatic heterocycles. The Kier molecular flexibility index (Phi) is 21.1. The van der Waals surface area contributed by atoms with Gasteiger partial charge in [-0.05, 0) is 75.5 Å². The number of amides is 4. The van der Waals surface area contributed by atoms with E-state index < -0.39 is 52.8 Å². The number of carbonyl (C=O) groups excluding carboxylic acids is 4. The second-order valence-electron chi connectivity index (χ2n) is 14.0. The molecule has 1 aliphatic rings. The third kappa shape index (κ3) is 17.6. The van der Waals surface area contributed by atoms with Crippen molar-refractivity contribution in [3.05, 3.63) is 58.3 Å². The highest BCUT2D eigenvalue weighted by Crippen LogP contribution is 2.43. The average Bonchev–Trinajstić information content (AvgIpc) is 3.44. The van der Waals surface area contributed by atoms with Crippen molar-refractivity contribution in [3.8, 4) is 0 Å². The van der Waals surface area contributed by atoms with E-state index in [0.717, 1.165) is 41.7 Å². The summed E-state index contributed by atoms with van der Waals surface area (Å²) in [6.07, 6.45) is -5.76. The molecule has 25 heteroatoms. The van der Waals surface area contributed by atoms with Crippen molar-refractivity contribution in [2.75, 3.05) is 59.0 Å². The fourth-order valence-electron chi connectivity index (χ4n) is 5.90. The zero-order valence-corrected chi connectivity index (χ0v) is 37.0. The molecule has 0 spiro atoms. The number of nitrogens with one attached hydrogen (secondary N) is 4. The summed E-state index contributed by atoms with van der Waals surface area (Å²) in [7, 11) is 0. The smallest absolute Gasteiger partial charge is 0.370 e. The lowest BCUT2D eigenvalue weighted by Crippen LogP contribution is -2.23. The van der Waals surface area contributed by atoms with Gasteiger partial charge in [0.1, 0.15) is 5.70 Å². The molecule has 0 bridgehead atoms. The van der Waals surface area contributed by atoms with E-state index >= 15 is 0 Å². The normalized spacial score (nSPS) is 12.8. The Morgan fingerprint density at radius 3 is 1.46 bits per heavy atom. The summed E-state index contributed by atoms with van der Waals surface area (Å²) in [5, 5.41) is 9.97. The Labute approximate surface area is 379 Å². The Bertz CT molecular complexity index is 2190. The summed E-state index contributed by atoms with van der Waals surface area (Å²) >= 11 is 1.88. The number of hydrogen-bond donors (Lipinski definition) is 10. The van der Waals surface area contributed by atoms with Gasteiger partial charge in [0, 0.05) is 42.6 Å². The van der Waals surface area contributed by atoms with Crippen molar-refractivity contribution in [1.29, 1.82) is 0 Å². The summed E-state index contributed by atoms with van der Waals surface area (Å²) in [4.78, 5) is 66.1. The molecule has 0 fully saturated rings. The first-order chi connectivity index (χ1) is 30.7. The van der Waals surface area contributed by atoms with Crippen molar-refractivity contribution < 1.29 is 45.5 Å². The van der Waals surface area contributed by atoms with Crippen LogP contribution in [0.25, 0.3) is 0 Å². The largest absolute Gasteiger partial charge is 0.416 e. The fourth-order valence-corrected chi connectivity index (χ4v) is 7.73. The summed E-state index contributed by atoms with van der Waals surface area (Å²) in [6.45, 7) is 2.29. The molecule has 0 unspecified atom stereocenters. The molecule has 4 amide bonds. The van der Waals surface area contributed by atoms with Crippen LogP contribution in [0.5, 0.6) is 0 Å². The van der Waals surface area contributed by atoms with Crippen LogP contribution < -0.4 is 55.7 Å². The van der Waals surface area contributed by atoms with Gasteiger partial charge in [0.15, 0.2) is 11.9 Å². The molecular weight excluding hydrogens is 905 g/mol. The molecule has 16 N–H and O–H groups in total. The fraction of sp³-hybridized carbons (Fsp3) is 0.425. The van der Waals surface area contributed by atoms with Crippen LogP contribution in [0.3, 0.4) is 0 Å². The number of allylic oxidation sites excluding steroid dienone is 1. The van der Waals surface area contributed by atoms with Crippen LogP contribution in [0.2, 0.25) is 0 Å². The molecule has 356 valence electrons. The van der Waals surface area contributed by atoms with Gasteiger partial charge in [-0.15, -0.1) is 23.5 Å². The van der Waals surface area contributed by atoms with E-state index in [1.54, 1.807) is 6.92 Å². The van der Waals surface area contributed by atoms with Gasteiger partial charge in [-0.2, -0.15) is 26.3 Å². The number of nitrogens with zero attached hydrogens (tertiary/aromatic N) is 3. The number of aliphatic imine (C=N–C) groups is 3. The second kappa shape index (κ2) is 25.6. The highest BCUT2D eigenvalue weighted by Gasteiger charge is 2.35. The minimum absolute atomic E-state index is 0.00482. The lowest BCUT2D eigenvalue weighted by molar-refractivity contribution is -0.138. The van der Waals surface area contributed by atoms with Crippen LogP contribution >= 0.6 is 23.5 Å². The molecule has 17 nitrogen and oxygen atoms in total. The Hall–Kier alpha value is -5.79. The van der Waals surface area contributed by atoms with Crippen LogP contribution in [0.4, 0.5) is 49.1 Å². The summed E-state index contributed by atoms with van der Waals surface area (Å²) in [6, 6.07) is 2.82. The van der Waals surface area contributed by atoms with Crippen molar-refractivity contribution in [2.24, 2.45) is 49.4 Å². The average molecular weight is 958 g/mol. The predicted octanol–water partition coefficient (Wildman–Crippen LogP) is 5.23. The number of rotatable bonds is 23. The number of hydrogen-bond acceptors (Lipinski definition) is 11. The summed E-state index contributed by atoms with van der Waals surface area (Å²) in [5.74, 6) is -3.59. The number of benzene rings is 2. The van der Waals surface area contributed by atoms with E-state index in [0.29, 0.717) is 56.5 Å². The molecule has 0 saturated heterocycles. The molecule has 2 aromatic carbocycles. The maximum Gasteiger partial charge on any atom is 0.416 e. The molecular formula is C40H53F6N13O4S2. The molecule has 2 aromatic rings. The summed E-state index contributed by atoms with van der Waals surface area (Å²) < 4.78 is 86.0. The van der Waals surface area contributed by atoms with E-state index in [9.17, 15) is 45.5 Å². The molecule has 1 heterocycles. The van der Waals surface area contributed by atoms with Crippen LogP contribution in [0.15, 0.2) is 72.0 Å². The Morgan fingerprint density at radius 2 is 1.08 bits per heavy atom. The highest BCUT2D eigenvalue weighted by molar-refractivity contribution is 7.99. The van der Waals surface area contributed by atoms with Gasteiger partial charge in [-0.1, -0.05) is 12.5 Å². The van der Waals surface area contributed by atoms with Crippen LogP contribution in [0, 0.1) is 0 Å². The van der Waals surface area contributed by atoms with Gasteiger partial charge in [0.05, 0.1) is 56.8 Å². The maximum atomic E-state index is 14.4. The van der Waals surface area contributed by atoms with E-state index in [1.165, 1.54) is 6.21 Å². The van der Waals surface area contributed by atoms with Crippen LogP contribution in [-0.4, -0.2) is 79.4 Å². The lowest BCUT2D eigenvalue weighted by Gasteiger charge is -2.20. The third-order valence-corrected chi connectivity index (χ3v) is 11.2. The number of nitrogens with two attached hydrogens (primary N) is 6. The summed E-state index contributed by atoms with van der Waals surface area (Å²) in [5.41, 5.74) is 28.8. The quantitative estimate of drug-likeness (QED) is 0.0225. The van der Waals surface area contributed by atoms with E-state index in [2.05, 4.69) is 36.2 Å². The number of thioether (sulfide) groups is 2. The van der Waals surface area contributed by atoms with E-state index in [1.807, 2.05) is 0 Å². The van der Waals surface area contributed by atoms with Crippen molar-refractivity contribution in [1.82, 2.24) is 0 Å². The van der Waals surface area contributed by atoms with Gasteiger partial charge >= 0.3 is 12.4 Å². The first kappa shape index (κ1) is 53.5. The van der Waals surface area contributed by atoms with Crippen LogP contribution in [-0.2, 0) is 31.5 Å². The Balaban J connectivity index is 2.14. The lowest BCUT2D eigenvalue weighted by atomic mass is 10.0. The molecule has 0 aliphatic carbocycles. The van der Waals surface area contributed by atoms with Crippen LogP contribution in [0.1, 0.15) is 69.4 Å². The molecule has 0 radical (unpaired) electrons. The number of guanidine groups is 2. The zero-order chi connectivity index (χ0) is 48.3. The van der Waals surface area contributed by atoms with Gasteiger partial charge in [-0.3, -0.25) is 34.2 Å².